The average Bonchev–Trinajstić information content (AvgIpc) is 3.19. The van der Waals surface area contributed by atoms with Crippen molar-refractivity contribution in [3.8, 4) is 0 Å². The summed E-state index contributed by atoms with van der Waals surface area (Å²) in [6.45, 7) is 1.69. The first-order valence-electron chi connectivity index (χ1n) is 6.38. The van der Waals surface area contributed by atoms with Gasteiger partial charge in [0, 0.05) is 18.6 Å². The predicted octanol–water partition coefficient (Wildman–Crippen LogP) is 2.17. The summed E-state index contributed by atoms with van der Waals surface area (Å²) in [5, 5.41) is 6.80. The lowest BCUT2D eigenvalue weighted by atomic mass is 9.98. The summed E-state index contributed by atoms with van der Waals surface area (Å²) in [4.78, 5) is 11.9. The Balaban J connectivity index is 1.98. The van der Waals surface area contributed by atoms with Crippen molar-refractivity contribution in [3.63, 3.8) is 0 Å². The molecular weight excluding hydrogens is 248 g/mol. The summed E-state index contributed by atoms with van der Waals surface area (Å²) in [7, 11) is 1.67. The van der Waals surface area contributed by atoms with Crippen LogP contribution in [0.2, 0.25) is 5.02 Å². The van der Waals surface area contributed by atoms with Crippen molar-refractivity contribution in [3.05, 3.63) is 34.9 Å². The number of hydrogen-bond donors (Lipinski definition) is 2. The van der Waals surface area contributed by atoms with E-state index < -0.39 is 0 Å². The van der Waals surface area contributed by atoms with Crippen molar-refractivity contribution in [2.75, 3.05) is 20.1 Å². The van der Waals surface area contributed by atoms with Gasteiger partial charge in [0.2, 0.25) is 5.91 Å². The van der Waals surface area contributed by atoms with Crippen molar-refractivity contribution < 1.29 is 4.79 Å². The molecule has 18 heavy (non-hydrogen) atoms. The van der Waals surface area contributed by atoms with Crippen LogP contribution in [0.3, 0.4) is 0 Å². The van der Waals surface area contributed by atoms with Gasteiger partial charge < -0.3 is 10.6 Å². The van der Waals surface area contributed by atoms with E-state index in [1.54, 1.807) is 7.05 Å². The third kappa shape index (κ3) is 3.72. The number of carbonyl (C=O) groups is 1. The zero-order valence-corrected chi connectivity index (χ0v) is 11.3. The maximum absolute atomic E-state index is 11.9. The molecule has 1 aliphatic carbocycles. The van der Waals surface area contributed by atoms with Gasteiger partial charge in [0.25, 0.3) is 0 Å². The highest BCUT2D eigenvalue weighted by molar-refractivity contribution is 6.30. The Morgan fingerprint density at radius 2 is 2.06 bits per heavy atom. The van der Waals surface area contributed by atoms with Crippen LogP contribution in [0, 0.1) is 5.92 Å². The van der Waals surface area contributed by atoms with E-state index in [1.807, 2.05) is 24.3 Å². The molecule has 0 aromatic heterocycles. The molecule has 1 aliphatic rings. The van der Waals surface area contributed by atoms with Gasteiger partial charge >= 0.3 is 0 Å². The van der Waals surface area contributed by atoms with Crippen LogP contribution in [-0.2, 0) is 4.79 Å². The number of benzene rings is 1. The fraction of sp³-hybridized carbons (Fsp3) is 0.500. The molecule has 1 atom stereocenters. The molecule has 0 radical (unpaired) electrons. The Morgan fingerprint density at radius 1 is 1.39 bits per heavy atom. The molecule has 98 valence electrons. The molecule has 0 saturated heterocycles. The summed E-state index contributed by atoms with van der Waals surface area (Å²) >= 11 is 5.87. The van der Waals surface area contributed by atoms with Crippen molar-refractivity contribution in [1.82, 2.24) is 10.6 Å². The normalized spacial score (nSPS) is 16.3. The zero-order valence-electron chi connectivity index (χ0n) is 10.6. The molecular formula is C14H19ClN2O. The van der Waals surface area contributed by atoms with Gasteiger partial charge in [-0.05, 0) is 43.0 Å². The molecule has 0 spiro atoms. The van der Waals surface area contributed by atoms with Crippen LogP contribution >= 0.6 is 11.6 Å². The third-order valence-electron chi connectivity index (χ3n) is 3.31. The standard InChI is InChI=1S/C14H19ClN2O/c1-16-14(18)13(9-17-8-10-2-3-10)11-4-6-12(15)7-5-11/h4-7,10,13,17H,2-3,8-9H2,1H3,(H,16,18)/t13-/m0/s1. The van der Waals surface area contributed by atoms with Crippen LogP contribution in [-0.4, -0.2) is 26.0 Å². The molecule has 0 heterocycles. The second kappa shape index (κ2) is 6.21. The van der Waals surface area contributed by atoms with E-state index in [1.165, 1.54) is 12.8 Å². The van der Waals surface area contributed by atoms with Gasteiger partial charge in [-0.3, -0.25) is 4.79 Å². The minimum absolute atomic E-state index is 0.0422. The summed E-state index contributed by atoms with van der Waals surface area (Å²) in [6.07, 6.45) is 2.64. The van der Waals surface area contributed by atoms with Gasteiger partial charge in [-0.25, -0.2) is 0 Å². The number of carbonyl (C=O) groups excluding carboxylic acids is 1. The van der Waals surface area contributed by atoms with Gasteiger partial charge in [-0.15, -0.1) is 0 Å². The summed E-state index contributed by atoms with van der Waals surface area (Å²) in [6, 6.07) is 7.49. The van der Waals surface area contributed by atoms with Crippen molar-refractivity contribution in [2.24, 2.45) is 5.92 Å². The summed E-state index contributed by atoms with van der Waals surface area (Å²) in [5.41, 5.74) is 1.00. The Kier molecular flexibility index (Phi) is 4.61. The van der Waals surface area contributed by atoms with Gasteiger partial charge in [-0.1, -0.05) is 23.7 Å². The minimum Gasteiger partial charge on any atom is -0.359 e. The minimum atomic E-state index is -0.147. The van der Waals surface area contributed by atoms with E-state index in [9.17, 15) is 4.79 Å². The van der Waals surface area contributed by atoms with Crippen molar-refractivity contribution >= 4 is 17.5 Å². The Labute approximate surface area is 113 Å². The van der Waals surface area contributed by atoms with E-state index in [4.69, 9.17) is 11.6 Å². The number of hydrogen-bond acceptors (Lipinski definition) is 2. The highest BCUT2D eigenvalue weighted by Crippen LogP contribution is 2.27. The van der Waals surface area contributed by atoms with E-state index in [0.717, 1.165) is 18.0 Å². The molecule has 0 aliphatic heterocycles. The van der Waals surface area contributed by atoms with E-state index >= 15 is 0 Å². The van der Waals surface area contributed by atoms with Crippen LogP contribution in [0.15, 0.2) is 24.3 Å². The smallest absolute Gasteiger partial charge is 0.228 e. The number of nitrogens with one attached hydrogen (secondary N) is 2. The second-order valence-electron chi connectivity index (χ2n) is 4.82. The monoisotopic (exact) mass is 266 g/mol. The molecule has 1 saturated carbocycles. The molecule has 2 N–H and O–H groups in total. The molecule has 4 heteroatoms. The first-order chi connectivity index (χ1) is 8.70. The van der Waals surface area contributed by atoms with Gasteiger partial charge in [0.05, 0.1) is 5.92 Å². The Morgan fingerprint density at radius 3 is 2.61 bits per heavy atom. The first-order valence-corrected chi connectivity index (χ1v) is 6.76. The number of rotatable bonds is 6. The largest absolute Gasteiger partial charge is 0.359 e. The molecule has 0 bridgehead atoms. The second-order valence-corrected chi connectivity index (χ2v) is 5.26. The maximum atomic E-state index is 11.9. The Bertz CT molecular complexity index is 401. The van der Waals surface area contributed by atoms with Crippen molar-refractivity contribution in [1.29, 1.82) is 0 Å². The third-order valence-corrected chi connectivity index (χ3v) is 3.57. The van der Waals surface area contributed by atoms with E-state index in [0.29, 0.717) is 11.6 Å². The number of halogens is 1. The average molecular weight is 267 g/mol. The van der Waals surface area contributed by atoms with E-state index in [-0.39, 0.29) is 11.8 Å². The van der Waals surface area contributed by atoms with Crippen LogP contribution in [0.4, 0.5) is 0 Å². The lowest BCUT2D eigenvalue weighted by molar-refractivity contribution is -0.122. The lowest BCUT2D eigenvalue weighted by Gasteiger charge is -2.16. The quantitative estimate of drug-likeness (QED) is 0.829. The molecule has 2 rings (SSSR count). The predicted molar refractivity (Wildman–Crippen MR) is 73.9 cm³/mol. The Hall–Kier alpha value is -1.06. The zero-order chi connectivity index (χ0) is 13.0. The summed E-state index contributed by atoms with van der Waals surface area (Å²) in [5.74, 6) is 0.715. The molecule has 3 nitrogen and oxygen atoms in total. The van der Waals surface area contributed by atoms with Gasteiger partial charge in [0.1, 0.15) is 0 Å². The maximum Gasteiger partial charge on any atom is 0.228 e. The topological polar surface area (TPSA) is 41.1 Å². The van der Waals surface area contributed by atoms with Crippen LogP contribution in [0.25, 0.3) is 0 Å². The van der Waals surface area contributed by atoms with Crippen LogP contribution in [0.1, 0.15) is 24.3 Å². The molecule has 1 amide bonds. The molecule has 1 aromatic rings. The fourth-order valence-electron chi connectivity index (χ4n) is 1.99. The first kappa shape index (κ1) is 13.4. The molecule has 0 unspecified atom stereocenters. The van der Waals surface area contributed by atoms with Crippen LogP contribution < -0.4 is 10.6 Å². The van der Waals surface area contributed by atoms with Gasteiger partial charge in [-0.2, -0.15) is 0 Å². The number of amides is 1. The van der Waals surface area contributed by atoms with Crippen LogP contribution in [0.5, 0.6) is 0 Å². The lowest BCUT2D eigenvalue weighted by Crippen LogP contribution is -2.34. The molecule has 1 aromatic carbocycles. The fourth-order valence-corrected chi connectivity index (χ4v) is 2.11. The summed E-state index contributed by atoms with van der Waals surface area (Å²) < 4.78 is 0. The van der Waals surface area contributed by atoms with Crippen molar-refractivity contribution in [2.45, 2.75) is 18.8 Å². The molecule has 1 fully saturated rings. The highest BCUT2D eigenvalue weighted by Gasteiger charge is 2.23. The highest BCUT2D eigenvalue weighted by atomic mass is 35.5. The number of likely N-dealkylation sites (N-methyl/N-ethyl adjacent to an activating group) is 1. The van der Waals surface area contributed by atoms with E-state index in [2.05, 4.69) is 10.6 Å². The van der Waals surface area contributed by atoms with Gasteiger partial charge in [0.15, 0.2) is 0 Å². The SMILES string of the molecule is CNC(=O)[C@@H](CNCC1CC1)c1ccc(Cl)cc1.